The molecule has 0 bridgehead atoms. The van der Waals surface area contributed by atoms with Gasteiger partial charge >= 0.3 is 78.5 Å². The van der Waals surface area contributed by atoms with E-state index in [0.717, 1.165) is 0 Å². The Morgan fingerprint density at radius 1 is 1.08 bits per heavy atom. The second-order valence-corrected chi connectivity index (χ2v) is 4.18. The van der Waals surface area contributed by atoms with Crippen molar-refractivity contribution < 1.29 is 18.3 Å². The number of hydrogen-bond acceptors (Lipinski definition) is 0. The first-order chi connectivity index (χ1) is 5.15. The van der Waals surface area contributed by atoms with Gasteiger partial charge in [0.25, 0.3) is 0 Å². The van der Waals surface area contributed by atoms with Gasteiger partial charge in [0, 0.05) is 0 Å². The molecule has 12 heavy (non-hydrogen) atoms. The third kappa shape index (κ3) is 2.67. The predicted molar refractivity (Wildman–Crippen MR) is 54.7 cm³/mol. The van der Waals surface area contributed by atoms with Gasteiger partial charge < -0.3 is 0 Å². The molecule has 0 aliphatic carbocycles. The van der Waals surface area contributed by atoms with Crippen molar-refractivity contribution in [1.29, 1.82) is 0 Å². The molecule has 0 fully saturated rings. The number of aryl methyl sites for hydroxylation is 3. The summed E-state index contributed by atoms with van der Waals surface area (Å²) in [5, 5.41) is 1.28. The van der Waals surface area contributed by atoms with Crippen LogP contribution < -0.4 is 0 Å². The summed E-state index contributed by atoms with van der Waals surface area (Å²) in [5.41, 5.74) is 5.88. The van der Waals surface area contributed by atoms with E-state index in [9.17, 15) is 0 Å². The summed E-state index contributed by atoms with van der Waals surface area (Å²) < 4.78 is 0. The van der Waals surface area contributed by atoms with Crippen molar-refractivity contribution in [1.82, 2.24) is 0 Å². The normalized spacial score (nSPS) is 9.42. The first kappa shape index (κ1) is 12.3. The van der Waals surface area contributed by atoms with Crippen LogP contribution in [-0.4, -0.2) is 0 Å². The average molecular weight is 280 g/mol. The van der Waals surface area contributed by atoms with Crippen LogP contribution in [0, 0.1) is 20.8 Å². The minimum absolute atomic E-state index is 0. The Morgan fingerprint density at radius 2 is 1.50 bits per heavy atom. The van der Waals surface area contributed by atoms with Gasteiger partial charge in [-0.05, 0) is 0 Å². The SMILES string of the molecule is Br.Cc1cc(C)c([CH2][Zn])c(C)c1. The summed E-state index contributed by atoms with van der Waals surface area (Å²) in [5.74, 6) is 0. The quantitative estimate of drug-likeness (QED) is 0.692. The zero-order valence-electron chi connectivity index (χ0n) is 7.98. The molecule has 0 saturated heterocycles. The third-order valence-corrected chi connectivity index (χ3v) is 3.14. The van der Waals surface area contributed by atoms with E-state index in [4.69, 9.17) is 0 Å². The fraction of sp³-hybridized carbons (Fsp3) is 0.400. The zero-order valence-corrected chi connectivity index (χ0v) is 12.7. The van der Waals surface area contributed by atoms with E-state index in [-0.39, 0.29) is 17.0 Å². The van der Waals surface area contributed by atoms with Crippen molar-refractivity contribution in [3.05, 3.63) is 34.4 Å². The second kappa shape index (κ2) is 5.14. The molecule has 0 unspecified atom stereocenters. The molecule has 0 spiro atoms. The van der Waals surface area contributed by atoms with E-state index < -0.39 is 0 Å². The van der Waals surface area contributed by atoms with Gasteiger partial charge in [0.15, 0.2) is 0 Å². The Bertz CT molecular complexity index is 246. The van der Waals surface area contributed by atoms with Crippen molar-refractivity contribution in [3.8, 4) is 0 Å². The summed E-state index contributed by atoms with van der Waals surface area (Å²) in [6.45, 7) is 6.59. The first-order valence-corrected chi connectivity index (χ1v) is 6.11. The topological polar surface area (TPSA) is 0 Å². The molecule has 0 aromatic heterocycles. The van der Waals surface area contributed by atoms with Crippen molar-refractivity contribution in [2.45, 2.75) is 25.8 Å². The van der Waals surface area contributed by atoms with Crippen LogP contribution in [-0.2, 0) is 23.3 Å². The molecule has 1 aromatic rings. The second-order valence-electron chi connectivity index (χ2n) is 3.13. The van der Waals surface area contributed by atoms with E-state index in [1.165, 1.54) is 40.0 Å². The minimum atomic E-state index is 0. The maximum absolute atomic E-state index is 2.28. The molecule has 0 aliphatic rings. The summed E-state index contributed by atoms with van der Waals surface area (Å²) in [6.07, 6.45) is 0. The van der Waals surface area contributed by atoms with E-state index in [0.29, 0.717) is 0 Å². The monoisotopic (exact) mass is 277 g/mol. The summed E-state index contributed by atoms with van der Waals surface area (Å²) in [7, 11) is 0. The van der Waals surface area contributed by atoms with Crippen molar-refractivity contribution in [2.24, 2.45) is 0 Å². The Balaban J connectivity index is 0.00000121. The van der Waals surface area contributed by atoms with Gasteiger partial charge in [-0.2, -0.15) is 0 Å². The Kier molecular flexibility index (Phi) is 5.28. The molecule has 0 N–H and O–H groups in total. The summed E-state index contributed by atoms with van der Waals surface area (Å²) in [6, 6.07) is 4.55. The molecule has 63 valence electrons. The predicted octanol–water partition coefficient (Wildman–Crippen LogP) is 3.24. The molecule has 0 atom stereocenters. The van der Waals surface area contributed by atoms with Crippen molar-refractivity contribution in [3.63, 3.8) is 0 Å². The molecule has 0 radical (unpaired) electrons. The molecule has 0 heterocycles. The van der Waals surface area contributed by atoms with E-state index in [1.54, 1.807) is 5.56 Å². The van der Waals surface area contributed by atoms with Crippen LogP contribution in [0.5, 0.6) is 0 Å². The van der Waals surface area contributed by atoms with Gasteiger partial charge in [-0.1, -0.05) is 0 Å². The van der Waals surface area contributed by atoms with Gasteiger partial charge in [0.2, 0.25) is 0 Å². The molecule has 2 heteroatoms. The third-order valence-electron chi connectivity index (χ3n) is 2.09. The van der Waals surface area contributed by atoms with E-state index in [2.05, 4.69) is 32.9 Å². The molecule has 1 aromatic carbocycles. The van der Waals surface area contributed by atoms with Gasteiger partial charge in [-0.25, -0.2) is 0 Å². The average Bonchev–Trinajstić information content (AvgIpc) is 1.85. The number of benzene rings is 1. The van der Waals surface area contributed by atoms with Gasteiger partial charge in [0.1, 0.15) is 0 Å². The van der Waals surface area contributed by atoms with Crippen LogP contribution in [0.2, 0.25) is 0 Å². The first-order valence-electron chi connectivity index (χ1n) is 4.01. The van der Waals surface area contributed by atoms with Crippen molar-refractivity contribution >= 4 is 17.0 Å². The fourth-order valence-corrected chi connectivity index (χ4v) is 3.26. The van der Waals surface area contributed by atoms with Crippen LogP contribution >= 0.6 is 17.0 Å². The van der Waals surface area contributed by atoms with Crippen LogP contribution in [0.1, 0.15) is 22.3 Å². The number of rotatable bonds is 1. The Morgan fingerprint density at radius 3 is 1.83 bits per heavy atom. The summed E-state index contributed by atoms with van der Waals surface area (Å²) >= 11 is 1.37. The van der Waals surface area contributed by atoms with Gasteiger partial charge in [-0.15, -0.1) is 17.0 Å². The molecule has 0 amide bonds. The van der Waals surface area contributed by atoms with Gasteiger partial charge in [0.05, 0.1) is 0 Å². The van der Waals surface area contributed by atoms with Crippen LogP contribution in [0.15, 0.2) is 12.1 Å². The van der Waals surface area contributed by atoms with Gasteiger partial charge in [-0.3, -0.25) is 0 Å². The van der Waals surface area contributed by atoms with E-state index in [1.807, 2.05) is 0 Å². The molecular formula is C10H14BrZn. The number of halogens is 1. The fourth-order valence-electron chi connectivity index (χ4n) is 1.60. The molecule has 0 saturated carbocycles. The van der Waals surface area contributed by atoms with Crippen LogP contribution in [0.4, 0.5) is 0 Å². The molecule has 0 nitrogen and oxygen atoms in total. The maximum atomic E-state index is 2.28. The zero-order chi connectivity index (χ0) is 8.43. The molecule has 1 rings (SSSR count). The van der Waals surface area contributed by atoms with E-state index >= 15 is 0 Å². The Hall–Kier alpha value is 0.323. The molecular weight excluding hydrogens is 265 g/mol. The van der Waals surface area contributed by atoms with Crippen LogP contribution in [0.25, 0.3) is 0 Å². The number of hydrogen-bond donors (Lipinski definition) is 0. The molecule has 0 aliphatic heterocycles. The Labute approximate surface area is 95.2 Å². The summed E-state index contributed by atoms with van der Waals surface area (Å²) in [4.78, 5) is 0. The van der Waals surface area contributed by atoms with Crippen molar-refractivity contribution in [2.75, 3.05) is 0 Å². The standard InChI is InChI=1S/C10H13.BrH.Zn/c1-7-5-8(2)10(4)9(3)6-7;;/h5-6H,4H2,1-3H3;1H;. The van der Waals surface area contributed by atoms with Crippen LogP contribution in [0.3, 0.4) is 0 Å².